The van der Waals surface area contributed by atoms with Gasteiger partial charge in [0.15, 0.2) is 6.29 Å². The molecule has 0 fully saturated rings. The highest BCUT2D eigenvalue weighted by Crippen LogP contribution is 1.72. The van der Waals surface area contributed by atoms with Gasteiger partial charge in [0.1, 0.15) is 0 Å². The van der Waals surface area contributed by atoms with E-state index in [0.29, 0.717) is 17.6 Å². The topological polar surface area (TPSA) is 34.1 Å². The van der Waals surface area contributed by atoms with E-state index < -0.39 is 0 Å². The number of aldehydes is 1. The molecule has 0 aliphatic rings. The molecule has 0 heterocycles. The summed E-state index contributed by atoms with van der Waals surface area (Å²) in [4.78, 5) is 10.1. The van der Waals surface area contributed by atoms with E-state index in [-0.39, 0.29) is 11.3 Å². The van der Waals surface area contributed by atoms with Crippen LogP contribution in [-0.4, -0.2) is 15.4 Å². The molecular weight excluding hydrogens is 112 g/mol. The van der Waals surface area contributed by atoms with Crippen LogP contribution in [0.2, 0.25) is 0 Å². The third-order valence-corrected chi connectivity index (χ3v) is 1.19. The molecule has 0 bridgehead atoms. The first-order chi connectivity index (χ1) is 3.35. The van der Waals surface area contributed by atoms with Crippen molar-refractivity contribution in [3.8, 4) is 0 Å². The molecule has 0 aliphatic heterocycles. The standard InChI is InChI=1S/C4H6O2S/c1-2-4(3-5)7-6/h3H,2H2,1H3. The summed E-state index contributed by atoms with van der Waals surface area (Å²) in [5.74, 6) is 0. The SMILES string of the molecule is CCC(C=O)=S=O. The number of carbonyl (C=O) groups is 1. The smallest absolute Gasteiger partial charge is 0.159 e. The van der Waals surface area contributed by atoms with Crippen molar-refractivity contribution < 1.29 is 9.00 Å². The molecule has 0 rings (SSSR count). The molecule has 0 saturated heterocycles. The minimum Gasteiger partial charge on any atom is -0.297 e. The number of rotatable bonds is 2. The quantitative estimate of drug-likeness (QED) is 0.377. The van der Waals surface area contributed by atoms with Crippen LogP contribution in [0.3, 0.4) is 0 Å². The minimum absolute atomic E-state index is 0.269. The van der Waals surface area contributed by atoms with E-state index in [1.807, 2.05) is 0 Å². The van der Waals surface area contributed by atoms with Crippen molar-refractivity contribution in [3.63, 3.8) is 0 Å². The molecular formula is C4H6O2S. The van der Waals surface area contributed by atoms with Crippen LogP contribution >= 0.6 is 0 Å². The van der Waals surface area contributed by atoms with E-state index in [0.717, 1.165) is 0 Å². The normalized spacial score (nSPS) is 7.57. The second kappa shape index (κ2) is 3.74. The molecule has 0 unspecified atom stereocenters. The maximum Gasteiger partial charge on any atom is 0.159 e. The zero-order chi connectivity index (χ0) is 5.70. The van der Waals surface area contributed by atoms with Crippen LogP contribution in [0.4, 0.5) is 0 Å². The predicted molar refractivity (Wildman–Crippen MR) is 29.5 cm³/mol. The van der Waals surface area contributed by atoms with Crippen LogP contribution in [0.25, 0.3) is 0 Å². The summed E-state index contributed by atoms with van der Waals surface area (Å²) in [5, 5.41) is 0. The third-order valence-electron chi connectivity index (χ3n) is 0.587. The zero-order valence-corrected chi connectivity index (χ0v) is 4.83. The van der Waals surface area contributed by atoms with Gasteiger partial charge in [0.2, 0.25) is 0 Å². The Bertz CT molecular complexity index is 113. The molecule has 0 atom stereocenters. The fourth-order valence-electron chi connectivity index (χ4n) is 0.162. The van der Waals surface area contributed by atoms with Gasteiger partial charge in [-0.25, -0.2) is 4.21 Å². The van der Waals surface area contributed by atoms with Gasteiger partial charge in [-0.2, -0.15) is 0 Å². The second-order valence-corrected chi connectivity index (χ2v) is 1.71. The van der Waals surface area contributed by atoms with Gasteiger partial charge in [0.25, 0.3) is 0 Å². The van der Waals surface area contributed by atoms with Crippen molar-refractivity contribution >= 4 is 22.4 Å². The van der Waals surface area contributed by atoms with Crippen LogP contribution in [-0.2, 0) is 16.1 Å². The Labute approximate surface area is 45.6 Å². The van der Waals surface area contributed by atoms with Gasteiger partial charge in [-0.15, -0.1) is 0 Å². The van der Waals surface area contributed by atoms with Crippen LogP contribution in [0.5, 0.6) is 0 Å². The highest BCUT2D eigenvalue weighted by Gasteiger charge is 1.85. The van der Waals surface area contributed by atoms with Gasteiger partial charge in [-0.05, 0) is 6.42 Å². The Hall–Kier alpha value is -0.440. The molecule has 0 spiro atoms. The molecule has 0 aromatic heterocycles. The summed E-state index contributed by atoms with van der Waals surface area (Å²) in [6.07, 6.45) is 1.15. The van der Waals surface area contributed by atoms with Crippen LogP contribution in [0.15, 0.2) is 0 Å². The monoisotopic (exact) mass is 118 g/mol. The highest BCUT2D eigenvalue weighted by atomic mass is 32.1. The molecule has 2 nitrogen and oxygen atoms in total. The zero-order valence-electron chi connectivity index (χ0n) is 4.01. The van der Waals surface area contributed by atoms with E-state index in [1.165, 1.54) is 0 Å². The first kappa shape index (κ1) is 6.56. The van der Waals surface area contributed by atoms with Gasteiger partial charge in [0.05, 0.1) is 16.1 Å². The summed E-state index contributed by atoms with van der Waals surface area (Å²) in [6.45, 7) is 1.77. The average Bonchev–Trinajstić information content (AvgIpc) is 1.72. The lowest BCUT2D eigenvalue weighted by Gasteiger charge is -1.75. The maximum absolute atomic E-state index is 9.74. The molecule has 0 aromatic rings. The Balaban J connectivity index is 3.86. The molecule has 7 heavy (non-hydrogen) atoms. The van der Waals surface area contributed by atoms with Crippen molar-refractivity contribution in [3.05, 3.63) is 0 Å². The lowest BCUT2D eigenvalue weighted by Crippen LogP contribution is -1.94. The molecule has 0 radical (unpaired) electrons. The molecule has 0 N–H and O–H groups in total. The van der Waals surface area contributed by atoms with Gasteiger partial charge in [-0.1, -0.05) is 6.92 Å². The van der Waals surface area contributed by atoms with E-state index in [4.69, 9.17) is 0 Å². The first-order valence-corrected chi connectivity index (χ1v) is 2.70. The van der Waals surface area contributed by atoms with E-state index in [2.05, 4.69) is 0 Å². The fourth-order valence-corrected chi connectivity index (χ4v) is 0.319. The molecule has 40 valence electrons. The first-order valence-electron chi connectivity index (χ1n) is 1.96. The van der Waals surface area contributed by atoms with Crippen molar-refractivity contribution in [2.75, 3.05) is 0 Å². The van der Waals surface area contributed by atoms with Gasteiger partial charge in [-0.3, -0.25) is 4.79 Å². The van der Waals surface area contributed by atoms with E-state index >= 15 is 0 Å². The van der Waals surface area contributed by atoms with E-state index in [1.54, 1.807) is 6.92 Å². The maximum atomic E-state index is 9.74. The Morgan fingerprint density at radius 2 is 2.43 bits per heavy atom. The summed E-state index contributed by atoms with van der Waals surface area (Å²) < 4.78 is 9.74. The van der Waals surface area contributed by atoms with Gasteiger partial charge >= 0.3 is 0 Å². The molecule has 0 amide bonds. The van der Waals surface area contributed by atoms with Crippen molar-refractivity contribution in [2.45, 2.75) is 13.3 Å². The summed E-state index contributed by atoms with van der Waals surface area (Å²) in [5.41, 5.74) is 0. The van der Waals surface area contributed by atoms with Crippen molar-refractivity contribution in [1.29, 1.82) is 0 Å². The van der Waals surface area contributed by atoms with Gasteiger partial charge in [0, 0.05) is 0 Å². The average molecular weight is 118 g/mol. The molecule has 0 aromatic carbocycles. The molecule has 0 saturated carbocycles. The van der Waals surface area contributed by atoms with Crippen molar-refractivity contribution in [2.24, 2.45) is 0 Å². The van der Waals surface area contributed by atoms with Gasteiger partial charge < -0.3 is 0 Å². The van der Waals surface area contributed by atoms with Crippen LogP contribution in [0.1, 0.15) is 13.3 Å². The summed E-state index contributed by atoms with van der Waals surface area (Å²) >= 11 is 0.269. The number of hydrogen-bond acceptors (Lipinski definition) is 2. The van der Waals surface area contributed by atoms with E-state index in [9.17, 15) is 9.00 Å². The number of hydrogen-bond donors (Lipinski definition) is 0. The molecule has 3 heteroatoms. The lowest BCUT2D eigenvalue weighted by molar-refractivity contribution is -0.102. The number of carbonyl (C=O) groups excluding carboxylic acids is 1. The minimum atomic E-state index is 0.269. The van der Waals surface area contributed by atoms with Crippen LogP contribution in [0, 0.1) is 0 Å². The molecule has 0 aliphatic carbocycles. The van der Waals surface area contributed by atoms with Crippen LogP contribution < -0.4 is 0 Å². The Morgan fingerprint density at radius 3 is 2.43 bits per heavy atom. The third kappa shape index (κ3) is 2.28. The Kier molecular flexibility index (Phi) is 3.50. The van der Waals surface area contributed by atoms with Crippen molar-refractivity contribution in [1.82, 2.24) is 0 Å². The second-order valence-electron chi connectivity index (χ2n) is 1.02. The Morgan fingerprint density at radius 1 is 1.86 bits per heavy atom. The largest absolute Gasteiger partial charge is 0.297 e. The fraction of sp³-hybridized carbons (Fsp3) is 0.500. The summed E-state index contributed by atoms with van der Waals surface area (Å²) in [6, 6.07) is 0. The predicted octanol–water partition coefficient (Wildman–Crippen LogP) is -0.0193. The highest BCUT2D eigenvalue weighted by molar-refractivity contribution is 7.68. The lowest BCUT2D eigenvalue weighted by atomic mass is 10.4. The summed E-state index contributed by atoms with van der Waals surface area (Å²) in [7, 11) is 0.